The molecular weight excluding hydrogens is 368 g/mol. The van der Waals surface area contributed by atoms with E-state index in [0.29, 0.717) is 22.4 Å². The molecule has 2 aromatic carbocycles. The van der Waals surface area contributed by atoms with Crippen LogP contribution >= 0.6 is 0 Å². The van der Waals surface area contributed by atoms with Crippen molar-refractivity contribution < 1.29 is 14.7 Å². The predicted octanol–water partition coefficient (Wildman–Crippen LogP) is 2.96. The second-order valence-electron chi connectivity index (χ2n) is 7.43. The van der Waals surface area contributed by atoms with Gasteiger partial charge in [0.2, 0.25) is 5.91 Å². The summed E-state index contributed by atoms with van der Waals surface area (Å²) in [6.45, 7) is 5.10. The van der Waals surface area contributed by atoms with Gasteiger partial charge in [-0.05, 0) is 68.7 Å². The normalized spacial score (nSPS) is 14.5. The number of aryl methyl sites for hydroxylation is 1. The summed E-state index contributed by atoms with van der Waals surface area (Å²) < 4.78 is 0. The molecule has 29 heavy (non-hydrogen) atoms. The number of benzene rings is 2. The first-order chi connectivity index (χ1) is 13.8. The van der Waals surface area contributed by atoms with Crippen molar-refractivity contribution in [3.63, 3.8) is 0 Å². The summed E-state index contributed by atoms with van der Waals surface area (Å²) in [5.41, 5.74) is 8.37. The Morgan fingerprint density at radius 3 is 2.48 bits per heavy atom. The minimum atomic E-state index is -0.652. The number of carbonyl (C=O) groups excluding carboxylic acids is 2. The van der Waals surface area contributed by atoms with Crippen molar-refractivity contribution in [1.82, 2.24) is 4.90 Å². The highest BCUT2D eigenvalue weighted by Crippen LogP contribution is 2.28. The van der Waals surface area contributed by atoms with E-state index < -0.39 is 5.92 Å². The molecule has 1 aliphatic heterocycles. The summed E-state index contributed by atoms with van der Waals surface area (Å²) in [4.78, 5) is 27.2. The molecule has 0 aliphatic carbocycles. The molecule has 152 valence electrons. The van der Waals surface area contributed by atoms with Crippen molar-refractivity contribution in [2.45, 2.75) is 32.6 Å². The smallest absolute Gasteiger partial charge is 0.254 e. The highest BCUT2D eigenvalue weighted by atomic mass is 16.3. The second-order valence-corrected chi connectivity index (χ2v) is 7.43. The summed E-state index contributed by atoms with van der Waals surface area (Å²) >= 11 is 0. The average molecular weight is 394 g/mol. The number of amides is 2. The van der Waals surface area contributed by atoms with E-state index in [4.69, 9.17) is 11.1 Å². The average Bonchev–Trinajstić information content (AvgIpc) is 3.22. The summed E-state index contributed by atoms with van der Waals surface area (Å²) in [6.07, 6.45) is 2.07. The lowest BCUT2D eigenvalue weighted by atomic mass is 9.96. The van der Waals surface area contributed by atoms with E-state index in [-0.39, 0.29) is 23.4 Å². The Morgan fingerprint density at radius 2 is 1.86 bits per heavy atom. The molecule has 1 aliphatic rings. The first-order valence-electron chi connectivity index (χ1n) is 9.66. The van der Waals surface area contributed by atoms with Crippen molar-refractivity contribution in [2.75, 3.05) is 18.4 Å². The van der Waals surface area contributed by atoms with Crippen LogP contribution in [0.5, 0.6) is 5.75 Å². The van der Waals surface area contributed by atoms with Gasteiger partial charge < -0.3 is 21.1 Å². The molecular formula is C22H26N4O3. The van der Waals surface area contributed by atoms with Crippen LogP contribution in [0.2, 0.25) is 0 Å². The van der Waals surface area contributed by atoms with Crippen LogP contribution in [0.15, 0.2) is 36.4 Å². The maximum absolute atomic E-state index is 12.7. The molecule has 2 amide bonds. The van der Waals surface area contributed by atoms with E-state index in [1.54, 1.807) is 31.2 Å². The van der Waals surface area contributed by atoms with Crippen molar-refractivity contribution >= 4 is 23.3 Å². The third-order valence-electron chi connectivity index (χ3n) is 5.32. The lowest BCUT2D eigenvalue weighted by Gasteiger charge is -2.18. The molecule has 5 N–H and O–H groups in total. The molecule has 2 aromatic rings. The van der Waals surface area contributed by atoms with E-state index in [2.05, 4.69) is 5.32 Å². The van der Waals surface area contributed by atoms with Gasteiger partial charge in [-0.1, -0.05) is 0 Å². The molecule has 7 nitrogen and oxygen atoms in total. The number of phenols is 1. The number of nitrogens with one attached hydrogen (secondary N) is 2. The summed E-state index contributed by atoms with van der Waals surface area (Å²) in [5.74, 6) is -1.09. The lowest BCUT2D eigenvalue weighted by Crippen LogP contribution is -2.28. The maximum atomic E-state index is 12.7. The molecule has 1 heterocycles. The predicted molar refractivity (Wildman–Crippen MR) is 112 cm³/mol. The molecule has 3 rings (SSSR count). The number of amidine groups is 1. The third kappa shape index (κ3) is 4.39. The van der Waals surface area contributed by atoms with Crippen LogP contribution in [-0.2, 0) is 4.79 Å². The fourth-order valence-electron chi connectivity index (χ4n) is 3.53. The van der Waals surface area contributed by atoms with Crippen molar-refractivity contribution in [3.05, 3.63) is 58.7 Å². The zero-order chi connectivity index (χ0) is 21.1. The molecule has 0 radical (unpaired) electrons. The maximum Gasteiger partial charge on any atom is 0.254 e. The van der Waals surface area contributed by atoms with Gasteiger partial charge in [-0.2, -0.15) is 0 Å². The van der Waals surface area contributed by atoms with Gasteiger partial charge in [0, 0.05) is 35.5 Å². The summed E-state index contributed by atoms with van der Waals surface area (Å²) in [5, 5.41) is 20.5. The number of hydrogen-bond donors (Lipinski definition) is 4. The molecule has 0 bridgehead atoms. The third-order valence-corrected chi connectivity index (χ3v) is 5.32. The van der Waals surface area contributed by atoms with Gasteiger partial charge in [0.1, 0.15) is 11.6 Å². The molecule has 0 spiro atoms. The Hall–Kier alpha value is -3.35. The number of aromatic hydroxyl groups is 1. The van der Waals surface area contributed by atoms with Crippen molar-refractivity contribution in [3.8, 4) is 5.75 Å². The summed E-state index contributed by atoms with van der Waals surface area (Å²) in [6, 6.07) is 9.74. The highest BCUT2D eigenvalue weighted by Gasteiger charge is 2.22. The SMILES string of the molecule is Cc1cc(NC(=O)C(C)c2cc(C(=N)N)ccc2O)ccc1C(=O)N1CCCC1. The number of nitrogens with zero attached hydrogens (tertiary/aromatic N) is 1. The van der Waals surface area contributed by atoms with Gasteiger partial charge in [-0.25, -0.2) is 0 Å². The van der Waals surface area contributed by atoms with Crippen LogP contribution in [0.3, 0.4) is 0 Å². The molecule has 1 fully saturated rings. The van der Waals surface area contributed by atoms with Crippen LogP contribution in [0.1, 0.15) is 52.7 Å². The molecule has 1 atom stereocenters. The number of nitrogens with two attached hydrogens (primary N) is 1. The minimum absolute atomic E-state index is 0.0252. The van der Waals surface area contributed by atoms with Gasteiger partial charge in [0.25, 0.3) is 5.91 Å². The highest BCUT2D eigenvalue weighted by molar-refractivity contribution is 6.00. The van der Waals surface area contributed by atoms with Crippen molar-refractivity contribution in [2.24, 2.45) is 5.73 Å². The topological polar surface area (TPSA) is 120 Å². The number of likely N-dealkylation sites (tertiary alicyclic amines) is 1. The molecule has 0 aromatic heterocycles. The van der Waals surface area contributed by atoms with Gasteiger partial charge in [0.15, 0.2) is 0 Å². The van der Waals surface area contributed by atoms with E-state index in [9.17, 15) is 14.7 Å². The van der Waals surface area contributed by atoms with Gasteiger partial charge >= 0.3 is 0 Å². The standard InChI is InChI=1S/C22H26N4O3/c1-13-11-16(6-7-17(13)22(29)26-9-3-4-10-26)25-21(28)14(2)18-12-15(20(23)24)5-8-19(18)27/h5-8,11-12,14,27H,3-4,9-10H2,1-2H3,(H3,23,24)(H,25,28). The zero-order valence-electron chi connectivity index (χ0n) is 16.7. The number of nitrogen functional groups attached to an aromatic ring is 1. The molecule has 1 unspecified atom stereocenters. The van der Waals surface area contributed by atoms with E-state index in [1.165, 1.54) is 12.1 Å². The Kier molecular flexibility index (Phi) is 5.87. The Morgan fingerprint density at radius 1 is 1.17 bits per heavy atom. The molecule has 1 saturated heterocycles. The zero-order valence-corrected chi connectivity index (χ0v) is 16.7. The number of anilines is 1. The Balaban J connectivity index is 1.75. The monoisotopic (exact) mass is 394 g/mol. The van der Waals surface area contributed by atoms with Crippen LogP contribution < -0.4 is 11.1 Å². The molecule has 0 saturated carbocycles. The number of rotatable bonds is 5. The summed E-state index contributed by atoms with van der Waals surface area (Å²) in [7, 11) is 0. The van der Waals surface area contributed by atoms with Crippen LogP contribution in [0.25, 0.3) is 0 Å². The Bertz CT molecular complexity index is 965. The largest absolute Gasteiger partial charge is 0.508 e. The fraction of sp³-hybridized carbons (Fsp3) is 0.318. The van der Waals surface area contributed by atoms with Crippen molar-refractivity contribution in [1.29, 1.82) is 5.41 Å². The van der Waals surface area contributed by atoms with E-state index >= 15 is 0 Å². The quantitative estimate of drug-likeness (QED) is 0.460. The molecule has 7 heteroatoms. The first kappa shape index (κ1) is 20.4. The second kappa shape index (κ2) is 8.34. The fourth-order valence-corrected chi connectivity index (χ4v) is 3.53. The first-order valence-corrected chi connectivity index (χ1v) is 9.66. The Labute approximate surface area is 170 Å². The number of hydrogen-bond acceptors (Lipinski definition) is 4. The number of carbonyl (C=O) groups is 2. The van der Waals surface area contributed by atoms with Crippen LogP contribution in [0.4, 0.5) is 5.69 Å². The van der Waals surface area contributed by atoms with Gasteiger partial charge in [-0.3, -0.25) is 15.0 Å². The van der Waals surface area contributed by atoms with Crippen LogP contribution in [-0.4, -0.2) is 40.7 Å². The minimum Gasteiger partial charge on any atom is -0.508 e. The van der Waals surface area contributed by atoms with E-state index in [0.717, 1.165) is 31.5 Å². The van der Waals surface area contributed by atoms with E-state index in [1.807, 2.05) is 11.8 Å². The van der Waals surface area contributed by atoms with Gasteiger partial charge in [0.05, 0.1) is 5.92 Å². The number of phenolic OH excluding ortho intramolecular Hbond substituents is 1. The van der Waals surface area contributed by atoms with Crippen LogP contribution in [0, 0.1) is 12.3 Å². The lowest BCUT2D eigenvalue weighted by molar-refractivity contribution is -0.117. The van der Waals surface area contributed by atoms with Gasteiger partial charge in [-0.15, -0.1) is 0 Å².